The van der Waals surface area contributed by atoms with Crippen LogP contribution in [-0.2, 0) is 21.3 Å². The Hall–Kier alpha value is -2.67. The Morgan fingerprint density at radius 1 is 1.36 bits per heavy atom. The van der Waals surface area contributed by atoms with Gasteiger partial charge < -0.3 is 9.84 Å². The summed E-state index contributed by atoms with van der Waals surface area (Å²) in [6.07, 6.45) is 5.38. The van der Waals surface area contributed by atoms with Crippen molar-refractivity contribution < 1.29 is 18.8 Å². The summed E-state index contributed by atoms with van der Waals surface area (Å²) in [5.74, 6) is -0.214. The highest BCUT2D eigenvalue weighted by Gasteiger charge is 2.32. The molecule has 0 spiro atoms. The van der Waals surface area contributed by atoms with Crippen LogP contribution in [0.15, 0.2) is 47.1 Å². The summed E-state index contributed by atoms with van der Waals surface area (Å²) in [6.45, 7) is 0. The van der Waals surface area contributed by atoms with Gasteiger partial charge in [0, 0.05) is 27.8 Å². The topological polar surface area (TPSA) is 81.4 Å². The number of carboxylic acid groups (broad SMARTS) is 1. The average molecular weight is 356 g/mol. The van der Waals surface area contributed by atoms with Gasteiger partial charge in [0.05, 0.1) is 29.4 Å². The largest absolute Gasteiger partial charge is 0.497 e. The van der Waals surface area contributed by atoms with E-state index >= 15 is 0 Å². The van der Waals surface area contributed by atoms with Gasteiger partial charge in [-0.1, -0.05) is 18.2 Å². The molecule has 4 rings (SSSR count). The van der Waals surface area contributed by atoms with Gasteiger partial charge in [-0.3, -0.25) is 4.21 Å². The highest BCUT2D eigenvalue weighted by atomic mass is 32.2. The van der Waals surface area contributed by atoms with Crippen molar-refractivity contribution in [1.82, 2.24) is 9.78 Å². The fraction of sp³-hybridized carbons (Fsp3) is 0.222. The van der Waals surface area contributed by atoms with E-state index in [1.807, 2.05) is 36.4 Å². The van der Waals surface area contributed by atoms with Crippen LogP contribution in [0.3, 0.4) is 0 Å². The molecule has 1 aliphatic carbocycles. The van der Waals surface area contributed by atoms with E-state index in [0.29, 0.717) is 10.5 Å². The molecule has 2 aliphatic rings. The number of carbonyl (C=O) groups is 1. The molecule has 1 atom stereocenters. The molecular weight excluding hydrogens is 340 g/mol. The van der Waals surface area contributed by atoms with Crippen LogP contribution in [0.2, 0.25) is 0 Å². The molecule has 0 fully saturated rings. The zero-order chi connectivity index (χ0) is 17.6. The third kappa shape index (κ3) is 2.51. The van der Waals surface area contributed by atoms with Crippen molar-refractivity contribution >= 4 is 22.5 Å². The van der Waals surface area contributed by atoms with Gasteiger partial charge in [-0.25, -0.2) is 9.48 Å². The van der Waals surface area contributed by atoms with Gasteiger partial charge in [0.25, 0.3) is 0 Å². The van der Waals surface area contributed by atoms with Crippen LogP contribution >= 0.6 is 0 Å². The summed E-state index contributed by atoms with van der Waals surface area (Å²) >= 11 is 0. The Kier molecular flexibility index (Phi) is 3.80. The molecule has 1 aliphatic heterocycles. The first-order valence-corrected chi connectivity index (χ1v) is 9.20. The summed E-state index contributed by atoms with van der Waals surface area (Å²) in [7, 11) is 0.326. The number of rotatable bonds is 3. The minimum atomic E-state index is -1.28. The lowest BCUT2D eigenvalue weighted by molar-refractivity contribution is 0.0689. The Morgan fingerprint density at radius 3 is 2.92 bits per heavy atom. The number of benzene rings is 1. The van der Waals surface area contributed by atoms with Crippen LogP contribution in [0.25, 0.3) is 17.0 Å². The van der Waals surface area contributed by atoms with Crippen LogP contribution < -0.4 is 0 Å². The second-order valence-electron chi connectivity index (χ2n) is 5.86. The molecule has 0 saturated carbocycles. The van der Waals surface area contributed by atoms with Gasteiger partial charge in [0.1, 0.15) is 5.76 Å². The smallest absolute Gasteiger partial charge is 0.356 e. The fourth-order valence-electron chi connectivity index (χ4n) is 3.28. The van der Waals surface area contributed by atoms with Crippen molar-refractivity contribution in [2.24, 2.45) is 0 Å². The van der Waals surface area contributed by atoms with Crippen molar-refractivity contribution in [1.29, 1.82) is 0 Å². The fourth-order valence-corrected chi connectivity index (χ4v) is 4.61. The quantitative estimate of drug-likeness (QED) is 0.914. The number of carboxylic acids is 1. The zero-order valence-corrected chi connectivity index (χ0v) is 14.4. The van der Waals surface area contributed by atoms with Crippen LogP contribution in [0.5, 0.6) is 0 Å². The minimum absolute atomic E-state index is 0.0349. The highest BCUT2D eigenvalue weighted by molar-refractivity contribution is 7.84. The maximum absolute atomic E-state index is 12.5. The summed E-state index contributed by atoms with van der Waals surface area (Å²) in [5, 5.41) is 13.9. The normalized spacial score (nSPS) is 18.7. The van der Waals surface area contributed by atoms with Crippen LogP contribution in [0.1, 0.15) is 28.9 Å². The number of aromatic nitrogens is 2. The Morgan fingerprint density at radius 2 is 2.16 bits per heavy atom. The molecule has 1 aromatic heterocycles. The number of fused-ring (bicyclic) bond motifs is 3. The Balaban J connectivity index is 1.99. The monoisotopic (exact) mass is 356 g/mol. The molecule has 1 unspecified atom stereocenters. The lowest BCUT2D eigenvalue weighted by Gasteiger charge is -2.20. The maximum Gasteiger partial charge on any atom is 0.356 e. The third-order valence-corrected chi connectivity index (χ3v) is 5.81. The number of ether oxygens (including phenoxy) is 1. The van der Waals surface area contributed by atoms with Crippen LogP contribution in [-0.4, -0.2) is 32.2 Å². The first kappa shape index (κ1) is 15.8. The average Bonchev–Trinajstić information content (AvgIpc) is 3.02. The molecule has 2 heterocycles. The van der Waals surface area contributed by atoms with E-state index < -0.39 is 16.8 Å². The zero-order valence-electron chi connectivity index (χ0n) is 13.6. The van der Waals surface area contributed by atoms with Crippen molar-refractivity contribution in [3.63, 3.8) is 0 Å². The van der Waals surface area contributed by atoms with Crippen molar-refractivity contribution in [2.45, 2.75) is 23.5 Å². The van der Waals surface area contributed by atoms with Gasteiger partial charge in [-0.2, -0.15) is 5.10 Å². The predicted octanol–water partition coefficient (Wildman–Crippen LogP) is 3.03. The van der Waals surface area contributed by atoms with Gasteiger partial charge in [0.2, 0.25) is 0 Å². The van der Waals surface area contributed by atoms with E-state index in [2.05, 4.69) is 5.10 Å². The number of nitrogens with zero attached hydrogens (tertiary/aromatic N) is 2. The van der Waals surface area contributed by atoms with Gasteiger partial charge >= 0.3 is 5.97 Å². The molecular formula is C18H16N2O4S. The molecule has 2 aromatic rings. The van der Waals surface area contributed by atoms with Gasteiger partial charge in [-0.05, 0) is 25.0 Å². The number of methoxy groups -OCH3 is 1. The second kappa shape index (κ2) is 6.00. The lowest BCUT2D eigenvalue weighted by atomic mass is 10.0. The summed E-state index contributed by atoms with van der Waals surface area (Å²) in [6, 6.07) is 7.39. The van der Waals surface area contributed by atoms with Crippen molar-refractivity contribution in [3.8, 4) is 11.3 Å². The second-order valence-corrected chi connectivity index (χ2v) is 7.28. The number of hydrogen-bond acceptors (Lipinski definition) is 4. The minimum Gasteiger partial charge on any atom is -0.497 e. The molecule has 0 saturated heterocycles. The summed E-state index contributed by atoms with van der Waals surface area (Å²) in [5.41, 5.74) is 2.85. The molecule has 7 heteroatoms. The van der Waals surface area contributed by atoms with Crippen molar-refractivity contribution in [3.05, 3.63) is 53.4 Å². The molecule has 0 amide bonds. The third-order valence-electron chi connectivity index (χ3n) is 4.41. The molecule has 25 heavy (non-hydrogen) atoms. The SMILES string of the molecule is COC1=CCCC(n2nc(C(=O)O)c3c2-c2ccccc2S(=O)C3)=C1. The first-order valence-electron chi connectivity index (χ1n) is 7.88. The van der Waals surface area contributed by atoms with Crippen LogP contribution in [0.4, 0.5) is 0 Å². The summed E-state index contributed by atoms with van der Waals surface area (Å²) < 4.78 is 19.5. The van der Waals surface area contributed by atoms with E-state index in [4.69, 9.17) is 4.74 Å². The molecule has 0 bridgehead atoms. The molecule has 6 nitrogen and oxygen atoms in total. The van der Waals surface area contributed by atoms with E-state index in [1.165, 1.54) is 0 Å². The van der Waals surface area contributed by atoms with Crippen LogP contribution in [0, 0.1) is 0 Å². The molecule has 1 aromatic carbocycles. The number of aromatic carboxylic acids is 1. The lowest BCUT2D eigenvalue weighted by Crippen LogP contribution is -2.11. The number of hydrogen-bond donors (Lipinski definition) is 1. The van der Waals surface area contributed by atoms with Gasteiger partial charge in [-0.15, -0.1) is 0 Å². The molecule has 0 radical (unpaired) electrons. The highest BCUT2D eigenvalue weighted by Crippen LogP contribution is 2.40. The Labute approximate surface area is 146 Å². The van der Waals surface area contributed by atoms with E-state index in [0.717, 1.165) is 35.6 Å². The van der Waals surface area contributed by atoms with E-state index in [1.54, 1.807) is 11.8 Å². The Bertz CT molecular complexity index is 971. The standard InChI is InChI=1S/C18H16N2O4S/c1-24-12-6-4-5-11(9-12)20-17-13-7-2-3-8-15(13)25(23)10-14(17)16(19-20)18(21)22/h2-3,6-9H,4-5,10H2,1H3,(H,21,22). The molecule has 128 valence electrons. The van der Waals surface area contributed by atoms with E-state index in [9.17, 15) is 14.1 Å². The number of allylic oxidation sites excluding steroid dienone is 3. The van der Waals surface area contributed by atoms with Gasteiger partial charge in [0.15, 0.2) is 5.69 Å². The van der Waals surface area contributed by atoms with Crippen molar-refractivity contribution in [2.75, 3.05) is 7.11 Å². The molecule has 1 N–H and O–H groups in total. The predicted molar refractivity (Wildman–Crippen MR) is 93.3 cm³/mol. The summed E-state index contributed by atoms with van der Waals surface area (Å²) in [4.78, 5) is 12.4. The van der Waals surface area contributed by atoms with E-state index in [-0.39, 0.29) is 11.4 Å². The first-order chi connectivity index (χ1) is 12.1. The maximum atomic E-state index is 12.5.